The quantitative estimate of drug-likeness (QED) is 0.323. The molecule has 2 saturated heterocycles. The molecule has 0 spiro atoms. The monoisotopic (exact) mass is 622 g/mol. The predicted molar refractivity (Wildman–Crippen MR) is 167 cm³/mol. The molecule has 0 saturated carbocycles. The summed E-state index contributed by atoms with van der Waals surface area (Å²) in [5.74, 6) is -2.07. The molecule has 0 aromatic heterocycles. The van der Waals surface area contributed by atoms with E-state index in [1.807, 2.05) is 31.2 Å². The van der Waals surface area contributed by atoms with Crippen LogP contribution in [0.4, 0.5) is 14.9 Å². The van der Waals surface area contributed by atoms with Crippen LogP contribution in [-0.2, 0) is 20.9 Å². The van der Waals surface area contributed by atoms with Crippen molar-refractivity contribution in [2.24, 2.45) is 5.92 Å². The van der Waals surface area contributed by atoms with Gasteiger partial charge in [0.25, 0.3) is 0 Å². The largest absolute Gasteiger partial charge is 0.496 e. The molecule has 3 aromatic carbocycles. The number of halogens is 2. The van der Waals surface area contributed by atoms with Gasteiger partial charge in [-0.2, -0.15) is 0 Å². The molecule has 2 fully saturated rings. The Morgan fingerprint density at radius 2 is 1.84 bits per heavy atom. The van der Waals surface area contributed by atoms with Crippen molar-refractivity contribution in [3.8, 4) is 28.0 Å². The Hall–Kier alpha value is -3.99. The van der Waals surface area contributed by atoms with Gasteiger partial charge in [-0.1, -0.05) is 41.9 Å². The van der Waals surface area contributed by atoms with E-state index >= 15 is 4.39 Å². The van der Waals surface area contributed by atoms with Crippen molar-refractivity contribution in [3.63, 3.8) is 0 Å². The van der Waals surface area contributed by atoms with Crippen molar-refractivity contribution in [2.45, 2.75) is 32.4 Å². The topological polar surface area (TPSA) is 100 Å². The number of anilines is 1. The summed E-state index contributed by atoms with van der Waals surface area (Å²) in [4.78, 5) is 40.2. The summed E-state index contributed by atoms with van der Waals surface area (Å²) in [6.45, 7) is 3.50. The lowest BCUT2D eigenvalue weighted by atomic mass is 9.94. The van der Waals surface area contributed by atoms with E-state index in [-0.39, 0.29) is 12.6 Å². The first kappa shape index (κ1) is 31.4. The van der Waals surface area contributed by atoms with Gasteiger partial charge in [-0.15, -0.1) is 0 Å². The Bertz CT molecular complexity index is 1590. The SMILES string of the molecule is COc1cc(-c2cccc(-c3cccc(NC(=O)C4CN(C)C(=O)N(C)C4=O)c3C)c2Cl)cc(F)c1CN[C@H]1CCCOC1. The number of benzene rings is 3. The number of urea groups is 1. The van der Waals surface area contributed by atoms with E-state index in [4.69, 9.17) is 21.1 Å². The van der Waals surface area contributed by atoms with Crippen LogP contribution in [0, 0.1) is 18.7 Å². The average Bonchev–Trinajstić information content (AvgIpc) is 3.02. The fourth-order valence-corrected chi connectivity index (χ4v) is 6.06. The summed E-state index contributed by atoms with van der Waals surface area (Å²) < 4.78 is 26.6. The molecule has 2 heterocycles. The minimum absolute atomic E-state index is 0.00960. The molecule has 0 bridgehead atoms. The van der Waals surface area contributed by atoms with Crippen molar-refractivity contribution in [1.29, 1.82) is 0 Å². The van der Waals surface area contributed by atoms with Crippen LogP contribution >= 0.6 is 11.6 Å². The van der Waals surface area contributed by atoms with Crippen LogP contribution < -0.4 is 15.4 Å². The molecule has 9 nitrogen and oxygen atoms in total. The van der Waals surface area contributed by atoms with Crippen molar-refractivity contribution in [3.05, 3.63) is 70.5 Å². The van der Waals surface area contributed by atoms with Gasteiger partial charge in [0.2, 0.25) is 11.8 Å². The van der Waals surface area contributed by atoms with Gasteiger partial charge in [0.15, 0.2) is 0 Å². The third kappa shape index (κ3) is 6.29. The number of carbonyl (C=O) groups excluding carboxylic acids is 3. The van der Waals surface area contributed by atoms with Gasteiger partial charge >= 0.3 is 6.03 Å². The summed E-state index contributed by atoms with van der Waals surface area (Å²) in [5.41, 5.74) is 4.33. The van der Waals surface area contributed by atoms with Crippen LogP contribution in [0.25, 0.3) is 22.3 Å². The second kappa shape index (κ2) is 13.3. The van der Waals surface area contributed by atoms with E-state index in [0.29, 0.717) is 51.9 Å². The van der Waals surface area contributed by atoms with Gasteiger partial charge in [0.1, 0.15) is 17.5 Å². The van der Waals surface area contributed by atoms with Crippen molar-refractivity contribution in [1.82, 2.24) is 15.1 Å². The minimum atomic E-state index is -1.03. The lowest BCUT2D eigenvalue weighted by Gasteiger charge is -2.33. The second-order valence-electron chi connectivity index (χ2n) is 11.2. The zero-order chi connectivity index (χ0) is 31.5. The number of imide groups is 1. The van der Waals surface area contributed by atoms with E-state index in [2.05, 4.69) is 10.6 Å². The Morgan fingerprint density at radius 3 is 2.57 bits per heavy atom. The number of carbonyl (C=O) groups is 3. The number of methoxy groups -OCH3 is 1. The van der Waals surface area contributed by atoms with Crippen molar-refractivity contribution < 1.29 is 28.2 Å². The number of nitrogens with one attached hydrogen (secondary N) is 2. The molecule has 0 radical (unpaired) electrons. The van der Waals surface area contributed by atoms with Crippen LogP contribution in [0.1, 0.15) is 24.0 Å². The number of amides is 4. The van der Waals surface area contributed by atoms with E-state index in [1.165, 1.54) is 25.1 Å². The summed E-state index contributed by atoms with van der Waals surface area (Å²) in [5, 5.41) is 6.64. The number of hydrogen-bond acceptors (Lipinski definition) is 6. The fraction of sp³-hybridized carbons (Fsp3) is 0.364. The van der Waals surface area contributed by atoms with Gasteiger partial charge < -0.3 is 25.0 Å². The molecule has 232 valence electrons. The Kier molecular flexibility index (Phi) is 9.53. The predicted octanol–water partition coefficient (Wildman–Crippen LogP) is 5.48. The normalized spacial score (nSPS) is 18.9. The third-order valence-corrected chi connectivity index (χ3v) is 8.72. The maximum absolute atomic E-state index is 15.5. The van der Waals surface area contributed by atoms with Crippen LogP contribution in [0.3, 0.4) is 0 Å². The van der Waals surface area contributed by atoms with Gasteiger partial charge in [-0.05, 0) is 54.7 Å². The molecule has 2 aliphatic heterocycles. The number of nitrogens with zero attached hydrogens (tertiary/aromatic N) is 2. The molecule has 11 heteroatoms. The Balaban J connectivity index is 1.41. The maximum atomic E-state index is 15.5. The van der Waals surface area contributed by atoms with Crippen LogP contribution in [0.2, 0.25) is 5.02 Å². The zero-order valence-corrected chi connectivity index (χ0v) is 26.0. The summed E-state index contributed by atoms with van der Waals surface area (Å²) in [7, 11) is 4.42. The summed E-state index contributed by atoms with van der Waals surface area (Å²) in [6, 6.07) is 13.9. The van der Waals surface area contributed by atoms with E-state index in [0.717, 1.165) is 35.5 Å². The Labute approximate surface area is 261 Å². The molecule has 2 aliphatic rings. The molecule has 4 amide bonds. The first-order valence-corrected chi connectivity index (χ1v) is 14.9. The average molecular weight is 623 g/mol. The van der Waals surface area contributed by atoms with Crippen molar-refractivity contribution in [2.75, 3.05) is 46.3 Å². The highest BCUT2D eigenvalue weighted by molar-refractivity contribution is 6.36. The zero-order valence-electron chi connectivity index (χ0n) is 25.2. The highest BCUT2D eigenvalue weighted by atomic mass is 35.5. The summed E-state index contributed by atoms with van der Waals surface area (Å²) >= 11 is 6.98. The minimum Gasteiger partial charge on any atom is -0.496 e. The molecule has 1 unspecified atom stereocenters. The number of ether oxygens (including phenoxy) is 2. The molecule has 2 atom stereocenters. The lowest BCUT2D eigenvalue weighted by molar-refractivity contribution is -0.140. The number of rotatable bonds is 8. The number of hydrogen-bond donors (Lipinski definition) is 2. The fourth-order valence-electron chi connectivity index (χ4n) is 5.72. The molecule has 5 rings (SSSR count). The van der Waals surface area contributed by atoms with Crippen LogP contribution in [0.5, 0.6) is 5.75 Å². The molecular weight excluding hydrogens is 587 g/mol. The van der Waals surface area contributed by atoms with Gasteiger partial charge in [-0.3, -0.25) is 14.5 Å². The van der Waals surface area contributed by atoms with E-state index in [9.17, 15) is 14.4 Å². The highest BCUT2D eigenvalue weighted by Crippen LogP contribution is 2.41. The van der Waals surface area contributed by atoms with Gasteiger partial charge in [-0.25, -0.2) is 9.18 Å². The van der Waals surface area contributed by atoms with Gasteiger partial charge in [0.05, 0.1) is 18.7 Å². The lowest BCUT2D eigenvalue weighted by Crippen LogP contribution is -2.56. The second-order valence-corrected chi connectivity index (χ2v) is 11.6. The molecule has 0 aliphatic carbocycles. The van der Waals surface area contributed by atoms with E-state index in [1.54, 1.807) is 25.2 Å². The standard InChI is InChI=1S/C33H36ClFN4O5/c1-19-22(9-6-12-28(19)37-31(40)26-17-38(2)33(42)39(3)32(26)41)24-11-5-10-23(30(24)34)20-14-27(35)25(29(15-20)43-4)16-36-21-8-7-13-44-18-21/h5-6,9-12,14-15,21,26,36H,7-8,13,16-18H2,1-4H3,(H,37,40)/t21-,26?/m0/s1. The van der Waals surface area contributed by atoms with Crippen LogP contribution in [-0.4, -0.2) is 74.7 Å². The summed E-state index contributed by atoms with van der Waals surface area (Å²) in [6.07, 6.45) is 1.94. The van der Waals surface area contributed by atoms with Crippen molar-refractivity contribution >= 4 is 35.1 Å². The van der Waals surface area contributed by atoms with E-state index < -0.39 is 29.6 Å². The molecule has 2 N–H and O–H groups in total. The first-order chi connectivity index (χ1) is 21.1. The first-order valence-electron chi connectivity index (χ1n) is 14.5. The molecule has 3 aromatic rings. The van der Waals surface area contributed by atoms with Crippen LogP contribution in [0.15, 0.2) is 48.5 Å². The Morgan fingerprint density at radius 1 is 1.11 bits per heavy atom. The maximum Gasteiger partial charge on any atom is 0.326 e. The smallest absolute Gasteiger partial charge is 0.326 e. The molecule has 44 heavy (non-hydrogen) atoms. The third-order valence-electron chi connectivity index (χ3n) is 8.31. The molecular formula is C33H36ClFN4O5. The highest BCUT2D eigenvalue weighted by Gasteiger charge is 2.39. The van der Waals surface area contributed by atoms with Gasteiger partial charge in [0, 0.05) is 62.2 Å².